The zero-order chi connectivity index (χ0) is 5.15. The summed E-state index contributed by atoms with van der Waals surface area (Å²) in [6.07, 6.45) is 0. The van der Waals surface area contributed by atoms with E-state index >= 15 is 0 Å². The third-order valence-corrected chi connectivity index (χ3v) is 0.183. The molecule has 8 heavy (non-hydrogen) atoms. The Morgan fingerprint density at radius 3 is 1.12 bits per heavy atom. The summed E-state index contributed by atoms with van der Waals surface area (Å²) in [6.45, 7) is 0. The molecule has 0 bridgehead atoms. The fraction of sp³-hybridized carbons (Fsp3) is 0. The molecular weight excluding hydrogens is 168 g/mol. The molecule has 0 amide bonds. The van der Waals surface area contributed by atoms with Crippen molar-refractivity contribution in [1.29, 1.82) is 0 Å². The molecule has 0 aromatic carbocycles. The second kappa shape index (κ2) is 6.42. The second-order valence-electron chi connectivity index (χ2n) is 0.610. The molecule has 0 fully saturated rings. The summed E-state index contributed by atoms with van der Waals surface area (Å²) in [4.78, 5) is 18.2. The van der Waals surface area contributed by atoms with Gasteiger partial charge in [0.05, 0.1) is 0 Å². The SMILES string of the molecule is O.O=C(O)C(=O)O.[Cu]. The van der Waals surface area contributed by atoms with Gasteiger partial charge in [-0.1, -0.05) is 0 Å². The Morgan fingerprint density at radius 1 is 1.00 bits per heavy atom. The van der Waals surface area contributed by atoms with Crippen molar-refractivity contribution in [1.82, 2.24) is 0 Å². The predicted molar refractivity (Wildman–Crippen MR) is 18.9 cm³/mol. The molecule has 1 radical (unpaired) electrons. The first-order chi connectivity index (χ1) is 2.64. The average Bonchev–Trinajstić information content (AvgIpc) is 1.36. The van der Waals surface area contributed by atoms with Crippen LogP contribution >= 0.6 is 0 Å². The molecule has 5 nitrogen and oxygen atoms in total. The van der Waals surface area contributed by atoms with Crippen molar-refractivity contribution in [3.63, 3.8) is 0 Å². The van der Waals surface area contributed by atoms with E-state index in [0.29, 0.717) is 0 Å². The number of carboxylic acid groups (broad SMARTS) is 2. The molecule has 0 unspecified atom stereocenters. The van der Waals surface area contributed by atoms with Gasteiger partial charge in [-0.2, -0.15) is 0 Å². The van der Waals surface area contributed by atoms with Gasteiger partial charge in [-0.3, -0.25) is 0 Å². The van der Waals surface area contributed by atoms with E-state index in [4.69, 9.17) is 19.8 Å². The molecule has 0 aromatic heterocycles. The molecule has 0 aliphatic rings. The molecule has 4 N–H and O–H groups in total. The number of carbonyl (C=O) groups is 2. The Morgan fingerprint density at radius 2 is 1.12 bits per heavy atom. The van der Waals surface area contributed by atoms with Gasteiger partial charge >= 0.3 is 11.9 Å². The molecule has 0 heterocycles. The normalized spacial score (nSPS) is 5.50. The smallest absolute Gasteiger partial charge is 0.414 e. The van der Waals surface area contributed by atoms with Gasteiger partial charge in [0.15, 0.2) is 0 Å². The van der Waals surface area contributed by atoms with Crippen molar-refractivity contribution in [3.8, 4) is 0 Å². The van der Waals surface area contributed by atoms with Crippen molar-refractivity contribution in [3.05, 3.63) is 0 Å². The summed E-state index contributed by atoms with van der Waals surface area (Å²) in [7, 11) is 0. The summed E-state index contributed by atoms with van der Waals surface area (Å²) in [5, 5.41) is 14.8. The largest absolute Gasteiger partial charge is 0.473 e. The fourth-order valence-corrected chi connectivity index (χ4v) is 0. The number of hydrogen-bond acceptors (Lipinski definition) is 2. The van der Waals surface area contributed by atoms with E-state index in [9.17, 15) is 0 Å². The summed E-state index contributed by atoms with van der Waals surface area (Å²) in [5.41, 5.74) is 0. The fourth-order valence-electron chi connectivity index (χ4n) is 0. The first kappa shape index (κ1) is 15.7. The molecular formula is C2H4CuO5. The quantitative estimate of drug-likeness (QED) is 0.336. The number of rotatable bonds is 0. The maximum absolute atomic E-state index is 9.10. The number of aliphatic carboxylic acids is 2. The van der Waals surface area contributed by atoms with Gasteiger partial charge in [-0.15, -0.1) is 0 Å². The minimum Gasteiger partial charge on any atom is -0.473 e. The summed E-state index contributed by atoms with van der Waals surface area (Å²) >= 11 is 0. The standard InChI is InChI=1S/C2H2O4.Cu.H2O/c3-1(4)2(5)6;;/h(H,3,4)(H,5,6);;1H2. The van der Waals surface area contributed by atoms with Gasteiger partial charge in [0, 0.05) is 17.1 Å². The van der Waals surface area contributed by atoms with E-state index in [2.05, 4.69) is 0 Å². The Hall–Kier alpha value is -0.581. The van der Waals surface area contributed by atoms with Crippen LogP contribution in [-0.2, 0) is 26.7 Å². The predicted octanol–water partition coefficient (Wildman–Crippen LogP) is -1.67. The molecule has 0 aliphatic heterocycles. The van der Waals surface area contributed by atoms with E-state index in [1.165, 1.54) is 0 Å². The topological polar surface area (TPSA) is 106 Å². The van der Waals surface area contributed by atoms with Gasteiger partial charge in [-0.25, -0.2) is 9.59 Å². The zero-order valence-corrected chi connectivity index (χ0v) is 4.45. The first-order valence-corrected chi connectivity index (χ1v) is 1.11. The Bertz CT molecular complexity index is 76.4. The van der Waals surface area contributed by atoms with E-state index in [-0.39, 0.29) is 22.5 Å². The van der Waals surface area contributed by atoms with Crippen molar-refractivity contribution in [2.45, 2.75) is 0 Å². The average molecular weight is 172 g/mol. The number of hydrogen-bond donors (Lipinski definition) is 2. The van der Waals surface area contributed by atoms with Gasteiger partial charge in [-0.05, 0) is 0 Å². The molecule has 0 saturated heterocycles. The van der Waals surface area contributed by atoms with E-state index < -0.39 is 11.9 Å². The van der Waals surface area contributed by atoms with Gasteiger partial charge < -0.3 is 15.7 Å². The minimum absolute atomic E-state index is 0. The van der Waals surface area contributed by atoms with Crippen LogP contribution in [0.15, 0.2) is 0 Å². The van der Waals surface area contributed by atoms with Crippen LogP contribution in [0.5, 0.6) is 0 Å². The summed E-state index contributed by atoms with van der Waals surface area (Å²) < 4.78 is 0. The monoisotopic (exact) mass is 171 g/mol. The summed E-state index contributed by atoms with van der Waals surface area (Å²) in [6, 6.07) is 0. The van der Waals surface area contributed by atoms with Crippen LogP contribution in [0.25, 0.3) is 0 Å². The van der Waals surface area contributed by atoms with Crippen molar-refractivity contribution in [2.75, 3.05) is 0 Å². The van der Waals surface area contributed by atoms with Crippen molar-refractivity contribution >= 4 is 11.9 Å². The van der Waals surface area contributed by atoms with Gasteiger partial charge in [0.25, 0.3) is 0 Å². The van der Waals surface area contributed by atoms with Crippen LogP contribution in [0.3, 0.4) is 0 Å². The molecule has 0 saturated carbocycles. The Labute approximate surface area is 55.1 Å². The van der Waals surface area contributed by atoms with E-state index in [1.807, 2.05) is 0 Å². The molecule has 6 heteroatoms. The third-order valence-electron chi connectivity index (χ3n) is 0.183. The molecule has 0 aromatic rings. The third kappa shape index (κ3) is 9.05. The summed E-state index contributed by atoms with van der Waals surface area (Å²) in [5.74, 6) is -3.65. The van der Waals surface area contributed by atoms with Crippen LogP contribution in [-0.4, -0.2) is 27.6 Å². The van der Waals surface area contributed by atoms with Crippen LogP contribution in [0.2, 0.25) is 0 Å². The zero-order valence-electron chi connectivity index (χ0n) is 3.51. The van der Waals surface area contributed by atoms with Gasteiger partial charge in [0.2, 0.25) is 0 Å². The van der Waals surface area contributed by atoms with Crippen molar-refractivity contribution in [2.24, 2.45) is 0 Å². The van der Waals surface area contributed by atoms with Gasteiger partial charge in [0.1, 0.15) is 0 Å². The molecule has 0 atom stereocenters. The first-order valence-electron chi connectivity index (χ1n) is 1.11. The molecule has 0 aliphatic carbocycles. The Kier molecular flexibility index (Phi) is 12.6. The molecule has 53 valence electrons. The van der Waals surface area contributed by atoms with Crippen molar-refractivity contribution < 1.29 is 42.3 Å². The molecule has 0 rings (SSSR count). The van der Waals surface area contributed by atoms with Crippen LogP contribution in [0.4, 0.5) is 0 Å². The Balaban J connectivity index is -0.000000125. The second-order valence-corrected chi connectivity index (χ2v) is 0.610. The van der Waals surface area contributed by atoms with E-state index in [0.717, 1.165) is 0 Å². The van der Waals surface area contributed by atoms with Crippen LogP contribution in [0, 0.1) is 0 Å². The molecule has 0 spiro atoms. The maximum Gasteiger partial charge on any atom is 0.414 e. The minimum atomic E-state index is -1.82. The maximum atomic E-state index is 9.10. The number of carboxylic acids is 2. The van der Waals surface area contributed by atoms with Crippen LogP contribution in [0.1, 0.15) is 0 Å². The van der Waals surface area contributed by atoms with Crippen LogP contribution < -0.4 is 0 Å². The van der Waals surface area contributed by atoms with E-state index in [1.54, 1.807) is 0 Å².